The normalized spacial score (nSPS) is 10.7. The van der Waals surface area contributed by atoms with E-state index >= 15 is 0 Å². The maximum Gasteiger partial charge on any atom is 0.242 e. The first-order valence-corrected chi connectivity index (χ1v) is 6.73. The van der Waals surface area contributed by atoms with Crippen LogP contribution in [0.2, 0.25) is 5.15 Å². The molecule has 2 heterocycles. The number of nitrogens with zero attached hydrogens (tertiary/aromatic N) is 4. The Bertz CT molecular complexity index is 929. The van der Waals surface area contributed by atoms with Gasteiger partial charge in [0.05, 0.1) is 5.52 Å². The summed E-state index contributed by atoms with van der Waals surface area (Å²) in [6.45, 7) is 1.89. The van der Waals surface area contributed by atoms with Crippen molar-refractivity contribution in [3.63, 3.8) is 0 Å². The zero-order chi connectivity index (χ0) is 15.9. The molecule has 0 aliphatic heterocycles. The molecule has 0 bridgehead atoms. The van der Waals surface area contributed by atoms with Gasteiger partial charge in [0.2, 0.25) is 5.88 Å². The Morgan fingerprint density at radius 2 is 2.14 bits per heavy atom. The van der Waals surface area contributed by atoms with Crippen molar-refractivity contribution in [3.8, 4) is 17.7 Å². The topological polar surface area (TPSA) is 63.7 Å². The molecule has 0 aliphatic rings. The summed E-state index contributed by atoms with van der Waals surface area (Å²) in [6.07, 6.45) is 1.15. The fourth-order valence-corrected chi connectivity index (χ4v) is 2.36. The maximum absolute atomic E-state index is 14.6. The Hall–Kier alpha value is -2.65. The Labute approximate surface area is 130 Å². The largest absolute Gasteiger partial charge is 0.434 e. The van der Waals surface area contributed by atoms with Crippen molar-refractivity contribution in [2.75, 3.05) is 0 Å². The smallest absolute Gasteiger partial charge is 0.242 e. The number of rotatable bonds is 2. The van der Waals surface area contributed by atoms with Crippen LogP contribution in [0.3, 0.4) is 0 Å². The van der Waals surface area contributed by atoms with Crippen LogP contribution < -0.4 is 4.74 Å². The second kappa shape index (κ2) is 5.28. The van der Waals surface area contributed by atoms with E-state index in [-0.39, 0.29) is 22.3 Å². The fraction of sp³-hybridized carbons (Fsp3) is 0.133. The van der Waals surface area contributed by atoms with Gasteiger partial charge in [-0.25, -0.2) is 14.4 Å². The average molecular weight is 317 g/mol. The van der Waals surface area contributed by atoms with Crippen LogP contribution in [0.5, 0.6) is 11.6 Å². The molecule has 110 valence electrons. The molecule has 0 aliphatic carbocycles. The van der Waals surface area contributed by atoms with Crippen LogP contribution in [0.4, 0.5) is 4.39 Å². The molecule has 0 fully saturated rings. The lowest BCUT2D eigenvalue weighted by atomic mass is 10.2. The molecule has 2 aromatic heterocycles. The molecule has 0 atom stereocenters. The van der Waals surface area contributed by atoms with Crippen molar-refractivity contribution in [2.24, 2.45) is 7.05 Å². The third kappa shape index (κ3) is 2.16. The van der Waals surface area contributed by atoms with E-state index in [9.17, 15) is 4.39 Å². The van der Waals surface area contributed by atoms with Gasteiger partial charge in [-0.2, -0.15) is 5.26 Å². The van der Waals surface area contributed by atoms with Crippen LogP contribution in [0.25, 0.3) is 10.9 Å². The van der Waals surface area contributed by atoms with Crippen molar-refractivity contribution < 1.29 is 9.13 Å². The molecule has 0 saturated heterocycles. The number of fused-ring (bicyclic) bond motifs is 1. The summed E-state index contributed by atoms with van der Waals surface area (Å²) in [5.41, 5.74) is 1.64. The minimum atomic E-state index is -0.514. The first kappa shape index (κ1) is 14.3. The Balaban J connectivity index is 2.11. The summed E-state index contributed by atoms with van der Waals surface area (Å²) < 4.78 is 21.9. The van der Waals surface area contributed by atoms with E-state index in [2.05, 4.69) is 9.97 Å². The molecule has 0 N–H and O–H groups in total. The second-order valence-corrected chi connectivity index (χ2v) is 5.07. The third-order valence-corrected chi connectivity index (χ3v) is 3.74. The summed E-state index contributed by atoms with van der Waals surface area (Å²) in [7, 11) is 1.86. The zero-order valence-corrected chi connectivity index (χ0v) is 12.5. The molecule has 0 radical (unpaired) electrons. The summed E-state index contributed by atoms with van der Waals surface area (Å²) in [5.74, 6) is -0.613. The monoisotopic (exact) mass is 316 g/mol. The number of aromatic nitrogens is 3. The van der Waals surface area contributed by atoms with Crippen LogP contribution in [-0.4, -0.2) is 14.5 Å². The number of aryl methyl sites for hydroxylation is 2. The average Bonchev–Trinajstić information content (AvgIpc) is 2.79. The van der Waals surface area contributed by atoms with E-state index in [0.29, 0.717) is 5.39 Å². The third-order valence-electron chi connectivity index (χ3n) is 3.45. The van der Waals surface area contributed by atoms with Gasteiger partial charge in [-0.3, -0.25) is 0 Å². The number of hydrogen-bond acceptors (Lipinski definition) is 4. The quantitative estimate of drug-likeness (QED) is 0.676. The number of nitriles is 1. The van der Waals surface area contributed by atoms with Crippen LogP contribution in [0.1, 0.15) is 11.3 Å². The van der Waals surface area contributed by atoms with E-state index in [1.807, 2.05) is 24.6 Å². The van der Waals surface area contributed by atoms with Crippen molar-refractivity contribution >= 4 is 22.5 Å². The highest BCUT2D eigenvalue weighted by molar-refractivity contribution is 6.30. The van der Waals surface area contributed by atoms with Crippen molar-refractivity contribution in [3.05, 3.63) is 46.8 Å². The minimum Gasteiger partial charge on any atom is -0.434 e. The van der Waals surface area contributed by atoms with Crippen LogP contribution >= 0.6 is 11.6 Å². The van der Waals surface area contributed by atoms with Crippen molar-refractivity contribution in [1.82, 2.24) is 14.5 Å². The Morgan fingerprint density at radius 3 is 2.86 bits per heavy atom. The molecule has 0 unspecified atom stereocenters. The molecule has 22 heavy (non-hydrogen) atoms. The van der Waals surface area contributed by atoms with Crippen LogP contribution in [-0.2, 0) is 7.05 Å². The lowest BCUT2D eigenvalue weighted by Crippen LogP contribution is -1.97. The molecule has 0 saturated carbocycles. The summed E-state index contributed by atoms with van der Waals surface area (Å²) >= 11 is 5.80. The van der Waals surface area contributed by atoms with E-state index in [0.717, 1.165) is 17.5 Å². The summed E-state index contributed by atoms with van der Waals surface area (Å²) in [5, 5.41) is 9.47. The predicted octanol–water partition coefficient (Wildman–Crippen LogP) is 3.73. The molecule has 5 nitrogen and oxygen atoms in total. The lowest BCUT2D eigenvalue weighted by molar-refractivity contribution is 0.428. The van der Waals surface area contributed by atoms with E-state index in [1.54, 1.807) is 12.1 Å². The molecular weight excluding hydrogens is 307 g/mol. The highest BCUT2D eigenvalue weighted by Gasteiger charge is 2.17. The number of ether oxygens (including phenoxy) is 1. The zero-order valence-electron chi connectivity index (χ0n) is 11.8. The van der Waals surface area contributed by atoms with Gasteiger partial charge >= 0.3 is 0 Å². The van der Waals surface area contributed by atoms with Crippen molar-refractivity contribution in [2.45, 2.75) is 6.92 Å². The summed E-state index contributed by atoms with van der Waals surface area (Å²) in [4.78, 5) is 7.53. The molecule has 3 aromatic rings. The fourth-order valence-electron chi connectivity index (χ4n) is 2.19. The number of hydrogen-bond donors (Lipinski definition) is 0. The standard InChI is InChI=1S/C15H10ClFN4O/c1-8-5-9-11(21(8)2)3-4-12(13(9)17)22-15-10(6-18)14(16)19-7-20-15/h3-5,7H,1-2H3. The first-order chi connectivity index (χ1) is 10.5. The van der Waals surface area contributed by atoms with Gasteiger partial charge in [0.15, 0.2) is 22.3 Å². The van der Waals surface area contributed by atoms with Gasteiger partial charge in [-0.05, 0) is 25.1 Å². The van der Waals surface area contributed by atoms with Gasteiger partial charge in [-0.1, -0.05) is 11.6 Å². The molecule has 1 aromatic carbocycles. The maximum atomic E-state index is 14.6. The highest BCUT2D eigenvalue weighted by Crippen LogP contribution is 2.32. The van der Waals surface area contributed by atoms with E-state index in [1.165, 1.54) is 6.07 Å². The van der Waals surface area contributed by atoms with Crippen LogP contribution in [0, 0.1) is 24.1 Å². The lowest BCUT2D eigenvalue weighted by Gasteiger charge is -2.08. The van der Waals surface area contributed by atoms with Crippen molar-refractivity contribution in [1.29, 1.82) is 5.26 Å². The molecule has 3 rings (SSSR count). The van der Waals surface area contributed by atoms with E-state index < -0.39 is 5.82 Å². The highest BCUT2D eigenvalue weighted by atomic mass is 35.5. The first-order valence-electron chi connectivity index (χ1n) is 6.36. The Kier molecular flexibility index (Phi) is 3.43. The Morgan fingerprint density at radius 1 is 1.36 bits per heavy atom. The summed E-state index contributed by atoms with van der Waals surface area (Å²) in [6, 6.07) is 6.82. The molecule has 0 spiro atoms. The van der Waals surface area contributed by atoms with E-state index in [4.69, 9.17) is 21.6 Å². The van der Waals surface area contributed by atoms with Gasteiger partial charge < -0.3 is 9.30 Å². The molecule has 0 amide bonds. The second-order valence-electron chi connectivity index (χ2n) is 4.71. The minimum absolute atomic E-state index is 0.0237. The SMILES string of the molecule is Cc1cc2c(F)c(Oc3ncnc(Cl)c3C#N)ccc2n1C. The molecule has 7 heteroatoms. The van der Waals surface area contributed by atoms with Gasteiger partial charge in [-0.15, -0.1) is 0 Å². The van der Waals surface area contributed by atoms with Gasteiger partial charge in [0.1, 0.15) is 12.4 Å². The predicted molar refractivity (Wildman–Crippen MR) is 79.4 cm³/mol. The molecular formula is C15H10ClFN4O. The van der Waals surface area contributed by atoms with Gasteiger partial charge in [0, 0.05) is 18.1 Å². The number of halogens is 2. The van der Waals surface area contributed by atoms with Crippen LogP contribution in [0.15, 0.2) is 24.5 Å². The van der Waals surface area contributed by atoms with Gasteiger partial charge in [0.25, 0.3) is 0 Å². The number of benzene rings is 1.